The van der Waals surface area contributed by atoms with Gasteiger partial charge in [0, 0.05) is 17.0 Å². The number of amides is 1. The van der Waals surface area contributed by atoms with Crippen LogP contribution in [0.25, 0.3) is 6.08 Å². The molecular formula is C27H22F4N2O3S. The number of ether oxygens (including phenoxy) is 2. The van der Waals surface area contributed by atoms with E-state index in [1.807, 2.05) is 0 Å². The first-order valence-corrected chi connectivity index (χ1v) is 12.5. The lowest BCUT2D eigenvalue weighted by Crippen LogP contribution is -2.32. The summed E-state index contributed by atoms with van der Waals surface area (Å²) < 4.78 is 61.9. The van der Waals surface area contributed by atoms with Gasteiger partial charge in [-0.05, 0) is 54.5 Å². The topological polar surface area (TPSA) is 51.1 Å². The summed E-state index contributed by atoms with van der Waals surface area (Å²) in [6, 6.07) is 15.6. The molecule has 10 heteroatoms. The normalized spacial score (nSPS) is 20.3. The lowest BCUT2D eigenvalue weighted by atomic mass is 9.77. The summed E-state index contributed by atoms with van der Waals surface area (Å²) in [6.07, 6.45) is 3.76. The van der Waals surface area contributed by atoms with E-state index < -0.39 is 19.3 Å². The highest BCUT2D eigenvalue weighted by atomic mass is 32.1. The molecule has 2 heterocycles. The highest BCUT2D eigenvalue weighted by molar-refractivity contribution is 7.12. The summed E-state index contributed by atoms with van der Waals surface area (Å²) in [5.74, 6) is -0.636. The summed E-state index contributed by atoms with van der Waals surface area (Å²) in [7, 11) is 0. The van der Waals surface area contributed by atoms with E-state index >= 15 is 0 Å². The fourth-order valence-corrected chi connectivity index (χ4v) is 5.56. The number of hydrazone groups is 1. The maximum absolute atomic E-state index is 13.5. The maximum Gasteiger partial charge on any atom is 0.387 e. The quantitative estimate of drug-likeness (QED) is 0.299. The Hall–Kier alpha value is -3.66. The van der Waals surface area contributed by atoms with E-state index in [0.717, 1.165) is 12.0 Å². The van der Waals surface area contributed by atoms with Gasteiger partial charge in [-0.1, -0.05) is 42.5 Å². The molecule has 1 amide bonds. The summed E-state index contributed by atoms with van der Waals surface area (Å²) >= 11 is 1.26. The van der Waals surface area contributed by atoms with Gasteiger partial charge in [-0.2, -0.15) is 22.7 Å². The van der Waals surface area contributed by atoms with E-state index in [9.17, 15) is 22.4 Å². The third-order valence-electron chi connectivity index (χ3n) is 6.36. The van der Waals surface area contributed by atoms with E-state index in [4.69, 9.17) is 9.84 Å². The van der Waals surface area contributed by atoms with Crippen molar-refractivity contribution < 1.29 is 31.8 Å². The van der Waals surface area contributed by atoms with Crippen molar-refractivity contribution >= 4 is 29.0 Å². The van der Waals surface area contributed by atoms with Crippen molar-refractivity contribution in [1.82, 2.24) is 5.01 Å². The molecule has 0 spiro atoms. The Morgan fingerprint density at radius 2 is 1.68 bits per heavy atom. The Labute approximate surface area is 214 Å². The molecule has 2 atom stereocenters. The number of allylic oxidation sites excluding steroid dienone is 1. The van der Waals surface area contributed by atoms with Crippen molar-refractivity contribution in [3.05, 3.63) is 87.6 Å². The predicted octanol–water partition coefficient (Wildman–Crippen LogP) is 7.39. The molecule has 2 aliphatic rings. The van der Waals surface area contributed by atoms with Crippen molar-refractivity contribution in [2.45, 2.75) is 38.5 Å². The van der Waals surface area contributed by atoms with E-state index in [1.54, 1.807) is 60.0 Å². The van der Waals surface area contributed by atoms with Crippen molar-refractivity contribution in [3.8, 4) is 11.5 Å². The van der Waals surface area contributed by atoms with Gasteiger partial charge in [0.05, 0.1) is 16.6 Å². The lowest BCUT2D eigenvalue weighted by molar-refractivity contribution is -0.0514. The van der Waals surface area contributed by atoms with Crippen LogP contribution in [0, 0.1) is 5.92 Å². The third kappa shape index (κ3) is 5.24. The van der Waals surface area contributed by atoms with Crippen molar-refractivity contribution in [2.75, 3.05) is 0 Å². The summed E-state index contributed by atoms with van der Waals surface area (Å²) in [4.78, 5) is 14.0. The largest absolute Gasteiger partial charge is 0.434 e. The zero-order valence-electron chi connectivity index (χ0n) is 19.4. The molecule has 1 aromatic heterocycles. The van der Waals surface area contributed by atoms with Crippen LogP contribution in [-0.2, 0) is 0 Å². The molecule has 1 aliphatic heterocycles. The molecule has 5 nitrogen and oxygen atoms in total. The van der Waals surface area contributed by atoms with E-state index in [0.29, 0.717) is 34.6 Å². The average Bonchev–Trinajstić information content (AvgIpc) is 3.54. The third-order valence-corrected chi connectivity index (χ3v) is 7.22. The molecule has 1 fully saturated rings. The van der Waals surface area contributed by atoms with Gasteiger partial charge in [0.1, 0.15) is 11.5 Å². The second kappa shape index (κ2) is 10.8. The minimum absolute atomic E-state index is 0.0188. The minimum atomic E-state index is -3.03. The Kier molecular flexibility index (Phi) is 7.27. The zero-order valence-corrected chi connectivity index (χ0v) is 20.2. The van der Waals surface area contributed by atoms with Gasteiger partial charge in [-0.25, -0.2) is 5.01 Å². The summed E-state index contributed by atoms with van der Waals surface area (Å²) in [5, 5.41) is 7.84. The average molecular weight is 531 g/mol. The number of carbonyl (C=O) groups excluding carboxylic acids is 1. The monoisotopic (exact) mass is 530 g/mol. The van der Waals surface area contributed by atoms with Crippen LogP contribution in [0.1, 0.15) is 46.1 Å². The maximum atomic E-state index is 13.5. The second-order valence-electron chi connectivity index (χ2n) is 8.56. The summed E-state index contributed by atoms with van der Waals surface area (Å²) in [5.41, 5.74) is 2.29. The molecule has 37 heavy (non-hydrogen) atoms. The van der Waals surface area contributed by atoms with Crippen molar-refractivity contribution in [1.29, 1.82) is 0 Å². The molecule has 5 rings (SSSR count). The molecule has 0 radical (unpaired) electrons. The fourth-order valence-electron chi connectivity index (χ4n) is 4.91. The van der Waals surface area contributed by atoms with Crippen LogP contribution in [0.15, 0.2) is 76.7 Å². The molecule has 3 aromatic rings. The van der Waals surface area contributed by atoms with Crippen molar-refractivity contribution in [3.63, 3.8) is 0 Å². The number of carbonyl (C=O) groups is 1. The molecule has 192 valence electrons. The Morgan fingerprint density at radius 1 is 0.973 bits per heavy atom. The minimum Gasteiger partial charge on any atom is -0.434 e. The second-order valence-corrected chi connectivity index (χ2v) is 9.51. The van der Waals surface area contributed by atoms with Crippen LogP contribution in [0.4, 0.5) is 17.6 Å². The molecular weight excluding hydrogens is 508 g/mol. The molecule has 0 saturated heterocycles. The van der Waals surface area contributed by atoms with Gasteiger partial charge in [0.25, 0.3) is 5.91 Å². The Morgan fingerprint density at radius 3 is 2.41 bits per heavy atom. The molecule has 1 aliphatic carbocycles. The van der Waals surface area contributed by atoms with Gasteiger partial charge < -0.3 is 9.47 Å². The van der Waals surface area contributed by atoms with Crippen molar-refractivity contribution in [2.24, 2.45) is 11.0 Å². The van der Waals surface area contributed by atoms with Crippen LogP contribution in [-0.4, -0.2) is 29.9 Å². The smallest absolute Gasteiger partial charge is 0.387 e. The van der Waals surface area contributed by atoms with Crippen LogP contribution < -0.4 is 9.47 Å². The first kappa shape index (κ1) is 25.0. The highest BCUT2D eigenvalue weighted by Crippen LogP contribution is 2.47. The van der Waals surface area contributed by atoms with Crippen LogP contribution in [0.3, 0.4) is 0 Å². The van der Waals surface area contributed by atoms with Gasteiger partial charge in [-0.3, -0.25) is 4.79 Å². The Bertz CT molecular complexity index is 1330. The first-order valence-electron chi connectivity index (χ1n) is 11.7. The van der Waals surface area contributed by atoms with Gasteiger partial charge in [0.15, 0.2) is 0 Å². The number of benzene rings is 2. The van der Waals surface area contributed by atoms with E-state index in [1.165, 1.54) is 28.5 Å². The molecule has 0 N–H and O–H groups in total. The van der Waals surface area contributed by atoms with Gasteiger partial charge in [0.2, 0.25) is 0 Å². The van der Waals surface area contributed by atoms with Gasteiger partial charge >= 0.3 is 13.2 Å². The number of hydrogen-bond acceptors (Lipinski definition) is 5. The van der Waals surface area contributed by atoms with Gasteiger partial charge in [-0.15, -0.1) is 11.3 Å². The van der Waals surface area contributed by atoms with Crippen LogP contribution >= 0.6 is 11.3 Å². The Balaban J connectivity index is 1.59. The molecule has 0 bridgehead atoms. The molecule has 2 unspecified atom stereocenters. The standard InChI is InChI=1S/C27H22F4N2O3S/c28-26(29)35-20-11-3-1-7-16(20)15-17-8-5-10-19-23(17)32-33(25(34)22-13-6-14-37-22)24(19)18-9-2-4-12-21(18)36-27(30)31/h1-4,6-7,9,11-15,19,24,26-27H,5,8,10H2. The number of para-hydroxylation sites is 2. The number of hydrogen-bond donors (Lipinski definition) is 0. The fraction of sp³-hybridized carbons (Fsp3) is 0.259. The SMILES string of the molecule is O=C(c1cccs1)N1N=C2C(=Cc3ccccc3OC(F)F)CCCC2C1c1ccccc1OC(F)F. The molecule has 2 aromatic carbocycles. The number of halogens is 4. The number of nitrogens with zero attached hydrogens (tertiary/aromatic N) is 2. The zero-order chi connectivity index (χ0) is 25.9. The number of fused-ring (bicyclic) bond motifs is 1. The number of thiophene rings is 1. The first-order chi connectivity index (χ1) is 17.9. The highest BCUT2D eigenvalue weighted by Gasteiger charge is 2.45. The number of rotatable bonds is 7. The predicted molar refractivity (Wildman–Crippen MR) is 132 cm³/mol. The molecule has 1 saturated carbocycles. The van der Waals surface area contributed by atoms with Crippen LogP contribution in [0.2, 0.25) is 0 Å². The van der Waals surface area contributed by atoms with E-state index in [2.05, 4.69) is 4.74 Å². The summed E-state index contributed by atoms with van der Waals surface area (Å²) in [6.45, 7) is -6.00. The number of alkyl halides is 4. The van der Waals surface area contributed by atoms with Crippen LogP contribution in [0.5, 0.6) is 11.5 Å². The lowest BCUT2D eigenvalue weighted by Gasteiger charge is -2.30. The van der Waals surface area contributed by atoms with E-state index in [-0.39, 0.29) is 23.3 Å².